The molecule has 20 heavy (non-hydrogen) atoms. The molecule has 0 spiro atoms. The van der Waals surface area contributed by atoms with Crippen molar-refractivity contribution in [3.05, 3.63) is 42.1 Å². The highest BCUT2D eigenvalue weighted by Crippen LogP contribution is 2.15. The molecule has 0 aliphatic rings. The van der Waals surface area contributed by atoms with E-state index in [-0.39, 0.29) is 6.42 Å². The topological polar surface area (TPSA) is 85.1 Å². The molecule has 0 unspecified atom stereocenters. The average molecular weight is 267 g/mol. The first-order valence-electron chi connectivity index (χ1n) is 6.01. The van der Waals surface area contributed by atoms with Crippen LogP contribution in [0.4, 0.5) is 0 Å². The zero-order valence-corrected chi connectivity index (χ0v) is 10.7. The van der Waals surface area contributed by atoms with E-state index in [0.717, 1.165) is 5.39 Å². The summed E-state index contributed by atoms with van der Waals surface area (Å²) >= 11 is 0. The number of nitrogens with one attached hydrogen (secondary N) is 1. The summed E-state index contributed by atoms with van der Waals surface area (Å²) in [7, 11) is 0. The highest BCUT2D eigenvalue weighted by molar-refractivity contribution is 6.06. The summed E-state index contributed by atoms with van der Waals surface area (Å²) in [5.74, 6) is 1.23. The van der Waals surface area contributed by atoms with Crippen LogP contribution in [-0.2, 0) is 4.79 Å². The minimum atomic E-state index is -0.883. The Morgan fingerprint density at radius 2 is 2.10 bits per heavy atom. The Kier molecular flexibility index (Phi) is 3.96. The van der Waals surface area contributed by atoms with Gasteiger partial charge in [0.05, 0.1) is 11.1 Å². The van der Waals surface area contributed by atoms with E-state index in [1.807, 2.05) is 12.1 Å². The van der Waals surface area contributed by atoms with E-state index in [4.69, 9.17) is 12.2 Å². The SMILES string of the molecule is C#CC[C@H](NC(=O)c1cccc2cccnc12)C(N)=O. The number of pyridine rings is 1. The van der Waals surface area contributed by atoms with Crippen LogP contribution in [0.2, 0.25) is 0 Å². The molecule has 1 aromatic heterocycles. The lowest BCUT2D eigenvalue weighted by molar-refractivity contribution is -0.119. The van der Waals surface area contributed by atoms with Gasteiger partial charge in [-0.1, -0.05) is 18.2 Å². The second-order valence-corrected chi connectivity index (χ2v) is 4.22. The van der Waals surface area contributed by atoms with Crippen molar-refractivity contribution >= 4 is 22.7 Å². The maximum absolute atomic E-state index is 12.2. The van der Waals surface area contributed by atoms with Gasteiger partial charge in [-0.05, 0) is 12.1 Å². The molecule has 1 atom stereocenters. The Morgan fingerprint density at radius 1 is 1.35 bits per heavy atom. The van der Waals surface area contributed by atoms with E-state index in [1.54, 1.807) is 24.4 Å². The summed E-state index contributed by atoms with van der Waals surface area (Å²) in [5, 5.41) is 3.37. The first-order chi connectivity index (χ1) is 9.63. The Hall–Kier alpha value is -2.87. The van der Waals surface area contributed by atoms with Crippen molar-refractivity contribution in [2.45, 2.75) is 12.5 Å². The lowest BCUT2D eigenvalue weighted by Crippen LogP contribution is -2.44. The average Bonchev–Trinajstić information content (AvgIpc) is 2.46. The molecule has 1 aromatic carbocycles. The molecule has 100 valence electrons. The van der Waals surface area contributed by atoms with Gasteiger partial charge in [0, 0.05) is 18.0 Å². The van der Waals surface area contributed by atoms with Crippen LogP contribution in [0.1, 0.15) is 16.8 Å². The summed E-state index contributed by atoms with van der Waals surface area (Å²) in [6.45, 7) is 0. The lowest BCUT2D eigenvalue weighted by Gasteiger charge is -2.13. The number of carbonyl (C=O) groups is 2. The van der Waals surface area contributed by atoms with Crippen LogP contribution in [-0.4, -0.2) is 22.8 Å². The maximum atomic E-state index is 12.2. The van der Waals surface area contributed by atoms with Crippen LogP contribution >= 0.6 is 0 Å². The molecule has 0 aliphatic heterocycles. The van der Waals surface area contributed by atoms with Crippen molar-refractivity contribution in [3.63, 3.8) is 0 Å². The van der Waals surface area contributed by atoms with Gasteiger partial charge in [-0.25, -0.2) is 0 Å². The van der Waals surface area contributed by atoms with Crippen LogP contribution in [0.25, 0.3) is 10.9 Å². The second-order valence-electron chi connectivity index (χ2n) is 4.22. The number of primary amides is 1. The van der Waals surface area contributed by atoms with Crippen LogP contribution < -0.4 is 11.1 Å². The fraction of sp³-hybridized carbons (Fsp3) is 0.133. The minimum Gasteiger partial charge on any atom is -0.368 e. The van der Waals surface area contributed by atoms with Crippen LogP contribution in [0.15, 0.2) is 36.5 Å². The Labute approximate surface area is 116 Å². The van der Waals surface area contributed by atoms with Crippen LogP contribution in [0, 0.1) is 12.3 Å². The van der Waals surface area contributed by atoms with Gasteiger partial charge in [0.25, 0.3) is 5.91 Å². The summed E-state index contributed by atoms with van der Waals surface area (Å²) in [4.78, 5) is 27.6. The Morgan fingerprint density at radius 3 is 2.80 bits per heavy atom. The maximum Gasteiger partial charge on any atom is 0.254 e. The number of nitrogens with zero attached hydrogens (tertiary/aromatic N) is 1. The summed E-state index contributed by atoms with van der Waals surface area (Å²) in [6.07, 6.45) is 6.81. The first-order valence-corrected chi connectivity index (χ1v) is 6.01. The zero-order valence-electron chi connectivity index (χ0n) is 10.7. The standard InChI is InChI=1S/C15H13N3O2/c1-2-5-12(14(16)19)18-15(20)11-8-3-6-10-7-4-9-17-13(10)11/h1,3-4,6-9,12H,5H2,(H2,16,19)(H,18,20)/t12-/m0/s1. The molecular formula is C15H13N3O2. The van der Waals surface area contributed by atoms with E-state index in [9.17, 15) is 9.59 Å². The number of hydrogen-bond donors (Lipinski definition) is 2. The summed E-state index contributed by atoms with van der Waals surface area (Å²) in [6, 6.07) is 8.00. The van der Waals surface area contributed by atoms with E-state index in [2.05, 4.69) is 16.2 Å². The number of rotatable bonds is 4. The van der Waals surface area contributed by atoms with Gasteiger partial charge < -0.3 is 11.1 Å². The van der Waals surface area contributed by atoms with Crippen LogP contribution in [0.5, 0.6) is 0 Å². The van der Waals surface area contributed by atoms with E-state index < -0.39 is 17.9 Å². The van der Waals surface area contributed by atoms with Crippen molar-refractivity contribution < 1.29 is 9.59 Å². The third kappa shape index (κ3) is 2.75. The molecule has 2 amide bonds. The first kappa shape index (κ1) is 13.6. The molecule has 0 fully saturated rings. The molecule has 0 saturated heterocycles. The lowest BCUT2D eigenvalue weighted by atomic mass is 10.1. The third-order valence-corrected chi connectivity index (χ3v) is 2.85. The number of aromatic nitrogens is 1. The minimum absolute atomic E-state index is 0.0548. The summed E-state index contributed by atoms with van der Waals surface area (Å²) < 4.78 is 0. The van der Waals surface area contributed by atoms with Gasteiger partial charge in [-0.2, -0.15) is 0 Å². The largest absolute Gasteiger partial charge is 0.368 e. The van der Waals surface area contributed by atoms with Gasteiger partial charge >= 0.3 is 0 Å². The molecule has 5 nitrogen and oxygen atoms in total. The molecule has 2 rings (SSSR count). The van der Waals surface area contributed by atoms with Crippen LogP contribution in [0.3, 0.4) is 0 Å². The molecule has 0 saturated carbocycles. The van der Waals surface area contributed by atoms with Crippen molar-refractivity contribution in [1.82, 2.24) is 10.3 Å². The third-order valence-electron chi connectivity index (χ3n) is 2.85. The van der Waals surface area contributed by atoms with Gasteiger partial charge in [-0.15, -0.1) is 12.3 Å². The van der Waals surface area contributed by atoms with Gasteiger partial charge in [-0.3, -0.25) is 14.6 Å². The zero-order chi connectivity index (χ0) is 14.5. The molecule has 1 heterocycles. The number of terminal acetylenes is 1. The molecule has 0 aliphatic carbocycles. The summed E-state index contributed by atoms with van der Waals surface area (Å²) in [5.41, 5.74) is 6.14. The molecule has 2 aromatic rings. The van der Waals surface area contributed by atoms with Gasteiger partial charge in [0.15, 0.2) is 0 Å². The van der Waals surface area contributed by atoms with Gasteiger partial charge in [0.2, 0.25) is 5.91 Å². The predicted molar refractivity (Wildman–Crippen MR) is 75.6 cm³/mol. The Balaban J connectivity index is 2.32. The number of benzene rings is 1. The van der Waals surface area contributed by atoms with E-state index in [1.165, 1.54) is 0 Å². The van der Waals surface area contributed by atoms with E-state index >= 15 is 0 Å². The van der Waals surface area contributed by atoms with Crippen molar-refractivity contribution in [2.75, 3.05) is 0 Å². The number of nitrogens with two attached hydrogens (primary N) is 1. The highest BCUT2D eigenvalue weighted by atomic mass is 16.2. The number of fused-ring (bicyclic) bond motifs is 1. The molecule has 0 bridgehead atoms. The van der Waals surface area contributed by atoms with Crippen molar-refractivity contribution in [2.24, 2.45) is 5.73 Å². The molecule has 3 N–H and O–H groups in total. The number of para-hydroxylation sites is 1. The highest BCUT2D eigenvalue weighted by Gasteiger charge is 2.19. The fourth-order valence-corrected chi connectivity index (χ4v) is 1.86. The molecular weight excluding hydrogens is 254 g/mol. The second kappa shape index (κ2) is 5.85. The normalized spacial score (nSPS) is 11.6. The quantitative estimate of drug-likeness (QED) is 0.805. The predicted octanol–water partition coefficient (Wildman–Crippen LogP) is 0.842. The monoisotopic (exact) mass is 267 g/mol. The molecule has 5 heteroatoms. The van der Waals surface area contributed by atoms with Gasteiger partial charge in [0.1, 0.15) is 6.04 Å². The van der Waals surface area contributed by atoms with Crippen molar-refractivity contribution in [1.29, 1.82) is 0 Å². The number of hydrogen-bond acceptors (Lipinski definition) is 3. The number of amides is 2. The fourth-order valence-electron chi connectivity index (χ4n) is 1.86. The number of carbonyl (C=O) groups excluding carboxylic acids is 2. The van der Waals surface area contributed by atoms with E-state index in [0.29, 0.717) is 11.1 Å². The molecule has 0 radical (unpaired) electrons. The van der Waals surface area contributed by atoms with Crippen molar-refractivity contribution in [3.8, 4) is 12.3 Å². The Bertz CT molecular complexity index is 698. The smallest absolute Gasteiger partial charge is 0.254 e.